The summed E-state index contributed by atoms with van der Waals surface area (Å²) in [6, 6.07) is 10.6. The Balaban J connectivity index is 1.91. The average molecular weight is 419 g/mol. The minimum atomic E-state index is -3.47. The summed E-state index contributed by atoms with van der Waals surface area (Å²) < 4.78 is 32.9. The molecular weight excluding hydrogens is 398 g/mol. The van der Waals surface area contributed by atoms with E-state index in [2.05, 4.69) is 10.1 Å². The van der Waals surface area contributed by atoms with Crippen molar-refractivity contribution in [2.45, 2.75) is 18.4 Å². The highest BCUT2D eigenvalue weighted by Gasteiger charge is 2.16. The highest BCUT2D eigenvalue weighted by molar-refractivity contribution is 7.90. The van der Waals surface area contributed by atoms with Gasteiger partial charge in [-0.25, -0.2) is 18.0 Å². The largest absolute Gasteiger partial charge is 0.465 e. The zero-order valence-corrected chi connectivity index (χ0v) is 17.0. The van der Waals surface area contributed by atoms with Crippen LogP contribution in [0.2, 0.25) is 0 Å². The molecule has 0 aromatic heterocycles. The van der Waals surface area contributed by atoms with Crippen molar-refractivity contribution < 1.29 is 32.3 Å². The average Bonchev–Trinajstić information content (AvgIpc) is 2.69. The Labute approximate surface area is 168 Å². The molecule has 2 aromatic rings. The zero-order chi connectivity index (χ0) is 21.6. The van der Waals surface area contributed by atoms with Gasteiger partial charge >= 0.3 is 11.9 Å². The smallest absolute Gasteiger partial charge is 0.338 e. The Kier molecular flexibility index (Phi) is 7.11. The van der Waals surface area contributed by atoms with Crippen LogP contribution in [0.4, 0.5) is 0 Å². The number of benzene rings is 2. The molecule has 0 bridgehead atoms. The summed E-state index contributed by atoms with van der Waals surface area (Å²) in [6.45, 7) is 1.31. The van der Waals surface area contributed by atoms with E-state index in [1.165, 1.54) is 25.3 Å². The van der Waals surface area contributed by atoms with Gasteiger partial charge in [-0.2, -0.15) is 0 Å². The maximum atomic E-state index is 12.2. The number of rotatable bonds is 7. The van der Waals surface area contributed by atoms with Gasteiger partial charge in [-0.15, -0.1) is 0 Å². The number of aryl methyl sites for hydroxylation is 1. The molecule has 0 spiro atoms. The number of sulfone groups is 1. The van der Waals surface area contributed by atoms with Gasteiger partial charge in [-0.1, -0.05) is 18.2 Å². The van der Waals surface area contributed by atoms with Crippen LogP contribution in [0.25, 0.3) is 0 Å². The van der Waals surface area contributed by atoms with E-state index >= 15 is 0 Å². The first kappa shape index (κ1) is 22.1. The number of nitrogens with one attached hydrogen (secondary N) is 1. The standard InChI is InChI=1S/C20H21NO7S/c1-13-4-9-16(29(3,25)26)10-17(13)20(24)28-12-18(22)21-11-14-5-7-15(8-6-14)19(23)27-2/h4-10H,11-12H2,1-3H3,(H,21,22). The fourth-order valence-electron chi connectivity index (χ4n) is 2.39. The molecule has 0 aliphatic carbocycles. The van der Waals surface area contributed by atoms with Crippen LogP contribution in [0.5, 0.6) is 0 Å². The molecule has 0 radical (unpaired) electrons. The number of hydrogen-bond donors (Lipinski definition) is 1. The van der Waals surface area contributed by atoms with Gasteiger partial charge in [0.2, 0.25) is 0 Å². The van der Waals surface area contributed by atoms with Crippen molar-refractivity contribution in [1.82, 2.24) is 5.32 Å². The number of ether oxygens (including phenoxy) is 2. The third-order valence-electron chi connectivity index (χ3n) is 4.06. The molecule has 0 saturated heterocycles. The molecule has 0 atom stereocenters. The first-order chi connectivity index (χ1) is 13.6. The molecule has 8 nitrogen and oxygen atoms in total. The Bertz CT molecular complexity index is 1030. The van der Waals surface area contributed by atoms with Crippen LogP contribution in [0, 0.1) is 6.92 Å². The first-order valence-corrected chi connectivity index (χ1v) is 10.4. The summed E-state index contributed by atoms with van der Waals surface area (Å²) in [7, 11) is -2.18. The first-order valence-electron chi connectivity index (χ1n) is 8.53. The van der Waals surface area contributed by atoms with Crippen LogP contribution >= 0.6 is 0 Å². The van der Waals surface area contributed by atoms with E-state index in [0.717, 1.165) is 11.8 Å². The quantitative estimate of drug-likeness (QED) is 0.679. The second kappa shape index (κ2) is 9.33. The normalized spacial score (nSPS) is 10.9. The van der Waals surface area contributed by atoms with Crippen LogP contribution in [-0.4, -0.2) is 46.2 Å². The Hall–Kier alpha value is -3.20. The molecule has 0 unspecified atom stereocenters. The lowest BCUT2D eigenvalue weighted by atomic mass is 10.1. The number of carbonyl (C=O) groups is 3. The van der Waals surface area contributed by atoms with E-state index in [0.29, 0.717) is 11.1 Å². The van der Waals surface area contributed by atoms with Gasteiger partial charge in [-0.05, 0) is 42.3 Å². The van der Waals surface area contributed by atoms with Crippen molar-refractivity contribution in [3.8, 4) is 0 Å². The second-order valence-electron chi connectivity index (χ2n) is 6.29. The monoisotopic (exact) mass is 419 g/mol. The third kappa shape index (κ3) is 6.15. The maximum absolute atomic E-state index is 12.2. The van der Waals surface area contributed by atoms with Crippen molar-refractivity contribution >= 4 is 27.7 Å². The second-order valence-corrected chi connectivity index (χ2v) is 8.31. The van der Waals surface area contributed by atoms with Crippen LogP contribution in [0.3, 0.4) is 0 Å². The molecule has 29 heavy (non-hydrogen) atoms. The molecule has 9 heteroatoms. The van der Waals surface area contributed by atoms with E-state index in [1.807, 2.05) is 0 Å². The Morgan fingerprint density at radius 2 is 1.66 bits per heavy atom. The minimum absolute atomic E-state index is 0.00472. The Morgan fingerprint density at radius 1 is 1.00 bits per heavy atom. The number of amides is 1. The molecule has 0 saturated carbocycles. The van der Waals surface area contributed by atoms with Crippen molar-refractivity contribution in [2.24, 2.45) is 0 Å². The Morgan fingerprint density at radius 3 is 2.24 bits per heavy atom. The molecule has 154 valence electrons. The highest BCUT2D eigenvalue weighted by atomic mass is 32.2. The van der Waals surface area contributed by atoms with Crippen molar-refractivity contribution in [1.29, 1.82) is 0 Å². The molecule has 2 aromatic carbocycles. The van der Waals surface area contributed by atoms with E-state index < -0.39 is 34.3 Å². The minimum Gasteiger partial charge on any atom is -0.465 e. The van der Waals surface area contributed by atoms with Gasteiger partial charge in [0, 0.05) is 12.8 Å². The third-order valence-corrected chi connectivity index (χ3v) is 5.17. The summed E-state index contributed by atoms with van der Waals surface area (Å²) >= 11 is 0. The van der Waals surface area contributed by atoms with E-state index in [9.17, 15) is 22.8 Å². The highest BCUT2D eigenvalue weighted by Crippen LogP contribution is 2.16. The van der Waals surface area contributed by atoms with Crippen LogP contribution in [-0.2, 0) is 30.7 Å². The fraction of sp³-hybridized carbons (Fsp3) is 0.250. The van der Waals surface area contributed by atoms with Crippen molar-refractivity contribution in [3.63, 3.8) is 0 Å². The van der Waals surface area contributed by atoms with Gasteiger partial charge in [0.15, 0.2) is 16.4 Å². The molecule has 0 fully saturated rings. The van der Waals surface area contributed by atoms with E-state index in [-0.39, 0.29) is 17.0 Å². The number of esters is 2. The maximum Gasteiger partial charge on any atom is 0.338 e. The molecule has 2 rings (SSSR count). The number of hydrogen-bond acceptors (Lipinski definition) is 7. The zero-order valence-electron chi connectivity index (χ0n) is 16.2. The van der Waals surface area contributed by atoms with E-state index in [1.54, 1.807) is 31.2 Å². The fourth-order valence-corrected chi connectivity index (χ4v) is 3.04. The van der Waals surface area contributed by atoms with Crippen LogP contribution in [0.1, 0.15) is 31.8 Å². The molecule has 1 amide bonds. The summed E-state index contributed by atoms with van der Waals surface area (Å²) in [5.41, 5.74) is 1.75. The van der Waals surface area contributed by atoms with Gasteiger partial charge in [0.1, 0.15) is 0 Å². The van der Waals surface area contributed by atoms with Crippen LogP contribution in [0.15, 0.2) is 47.4 Å². The molecule has 0 aliphatic heterocycles. The lowest BCUT2D eigenvalue weighted by molar-refractivity contribution is -0.124. The molecule has 1 N–H and O–H groups in total. The van der Waals surface area contributed by atoms with Gasteiger partial charge < -0.3 is 14.8 Å². The topological polar surface area (TPSA) is 116 Å². The van der Waals surface area contributed by atoms with Gasteiger partial charge in [0.05, 0.1) is 23.1 Å². The summed E-state index contributed by atoms with van der Waals surface area (Å²) in [5.74, 6) is -1.76. The summed E-state index contributed by atoms with van der Waals surface area (Å²) in [5, 5.41) is 2.59. The molecular formula is C20H21NO7S. The number of methoxy groups -OCH3 is 1. The lowest BCUT2D eigenvalue weighted by Gasteiger charge is -2.09. The predicted octanol–water partition coefficient (Wildman–Crippen LogP) is 1.66. The lowest BCUT2D eigenvalue weighted by Crippen LogP contribution is -2.28. The van der Waals surface area contributed by atoms with Crippen LogP contribution < -0.4 is 5.32 Å². The van der Waals surface area contributed by atoms with Crippen molar-refractivity contribution in [3.05, 3.63) is 64.7 Å². The van der Waals surface area contributed by atoms with Crippen molar-refractivity contribution in [2.75, 3.05) is 20.0 Å². The molecule has 0 heterocycles. The SMILES string of the molecule is COC(=O)c1ccc(CNC(=O)COC(=O)c2cc(S(C)(=O)=O)ccc2C)cc1. The van der Waals surface area contributed by atoms with Gasteiger partial charge in [0.25, 0.3) is 5.91 Å². The van der Waals surface area contributed by atoms with Gasteiger partial charge in [-0.3, -0.25) is 4.79 Å². The van der Waals surface area contributed by atoms with E-state index in [4.69, 9.17) is 4.74 Å². The molecule has 0 aliphatic rings. The number of carbonyl (C=O) groups excluding carboxylic acids is 3. The predicted molar refractivity (Wildman–Crippen MR) is 104 cm³/mol. The summed E-state index contributed by atoms with van der Waals surface area (Å²) in [6.07, 6.45) is 1.04. The summed E-state index contributed by atoms with van der Waals surface area (Å²) in [4.78, 5) is 35.5.